The lowest BCUT2D eigenvalue weighted by atomic mass is 9.97. The molecular formula is C22H15ClN4O. The van der Waals surface area contributed by atoms with Gasteiger partial charge in [0.05, 0.1) is 10.7 Å². The second kappa shape index (κ2) is 6.32. The second-order valence-electron chi connectivity index (χ2n) is 6.71. The van der Waals surface area contributed by atoms with Gasteiger partial charge in [0, 0.05) is 33.7 Å². The summed E-state index contributed by atoms with van der Waals surface area (Å²) >= 11 is 6.51. The number of hydrogen-bond acceptors (Lipinski definition) is 3. The number of benzene rings is 2. The Morgan fingerprint density at radius 1 is 0.964 bits per heavy atom. The van der Waals surface area contributed by atoms with Crippen molar-refractivity contribution in [3.8, 4) is 22.4 Å². The fourth-order valence-electron chi connectivity index (χ4n) is 3.47. The lowest BCUT2D eigenvalue weighted by Gasteiger charge is -2.12. The summed E-state index contributed by atoms with van der Waals surface area (Å²) in [6.45, 7) is 1.97. The second-order valence-corrected chi connectivity index (χ2v) is 7.12. The molecule has 0 fully saturated rings. The van der Waals surface area contributed by atoms with E-state index in [-0.39, 0.29) is 5.56 Å². The van der Waals surface area contributed by atoms with E-state index in [1.54, 1.807) is 6.07 Å². The Balaban J connectivity index is 1.86. The van der Waals surface area contributed by atoms with Crippen molar-refractivity contribution in [2.24, 2.45) is 0 Å². The van der Waals surface area contributed by atoms with Crippen molar-refractivity contribution >= 4 is 33.5 Å². The number of pyridine rings is 2. The molecular weight excluding hydrogens is 372 g/mol. The van der Waals surface area contributed by atoms with E-state index in [0.29, 0.717) is 10.7 Å². The molecule has 0 bridgehead atoms. The first-order valence-electron chi connectivity index (χ1n) is 8.84. The van der Waals surface area contributed by atoms with Crippen LogP contribution in [0.1, 0.15) is 5.69 Å². The number of nitrogens with zero attached hydrogens (tertiary/aromatic N) is 2. The van der Waals surface area contributed by atoms with Gasteiger partial charge in [-0.25, -0.2) is 4.98 Å². The smallest absolute Gasteiger partial charge is 0.249 e. The Kier molecular flexibility index (Phi) is 3.77. The molecule has 0 saturated carbocycles. The number of rotatable bonds is 2. The van der Waals surface area contributed by atoms with Gasteiger partial charge >= 0.3 is 0 Å². The largest absolute Gasteiger partial charge is 0.307 e. The summed E-state index contributed by atoms with van der Waals surface area (Å²) in [4.78, 5) is 19.4. The molecule has 0 aliphatic carbocycles. The molecule has 0 unspecified atom stereocenters. The average molecular weight is 387 g/mol. The van der Waals surface area contributed by atoms with Crippen LogP contribution in [0, 0.1) is 6.92 Å². The minimum Gasteiger partial charge on any atom is -0.307 e. The Labute approximate surface area is 165 Å². The molecule has 3 heterocycles. The number of H-pyrrole nitrogens is 2. The highest BCUT2D eigenvalue weighted by Gasteiger charge is 2.15. The molecule has 0 radical (unpaired) electrons. The number of fused-ring (bicyclic) bond motifs is 2. The van der Waals surface area contributed by atoms with Crippen LogP contribution in [0.5, 0.6) is 0 Å². The summed E-state index contributed by atoms with van der Waals surface area (Å²) in [6.07, 6.45) is 0. The molecule has 0 saturated heterocycles. The van der Waals surface area contributed by atoms with Crippen LogP contribution in [-0.4, -0.2) is 20.2 Å². The van der Waals surface area contributed by atoms with E-state index in [4.69, 9.17) is 16.6 Å². The standard InChI is InChI=1S/C22H15ClN4O/c1-12-16-10-15(11-18(23)21(16)27-26-12)17-9-14-7-8-19(28)24-22(14)25-20(17)13-5-3-2-4-6-13/h2-11H,1H3,(H,26,27)(H,24,25,28). The summed E-state index contributed by atoms with van der Waals surface area (Å²) < 4.78 is 0. The fourth-order valence-corrected chi connectivity index (χ4v) is 3.73. The van der Waals surface area contributed by atoms with Gasteiger partial charge in [0.2, 0.25) is 5.56 Å². The molecule has 0 spiro atoms. The topological polar surface area (TPSA) is 74.4 Å². The van der Waals surface area contributed by atoms with Gasteiger partial charge in [-0.3, -0.25) is 9.89 Å². The zero-order chi connectivity index (χ0) is 19.3. The van der Waals surface area contributed by atoms with E-state index in [2.05, 4.69) is 21.2 Å². The van der Waals surface area contributed by atoms with Gasteiger partial charge in [0.15, 0.2) is 0 Å². The van der Waals surface area contributed by atoms with Crippen molar-refractivity contribution in [3.05, 3.63) is 81.7 Å². The first kappa shape index (κ1) is 16.7. The van der Waals surface area contributed by atoms with Crippen LogP contribution >= 0.6 is 11.6 Å². The molecule has 5 rings (SSSR count). The predicted molar refractivity (Wildman–Crippen MR) is 113 cm³/mol. The Hall–Kier alpha value is -3.44. The Morgan fingerprint density at radius 3 is 2.61 bits per heavy atom. The molecule has 2 N–H and O–H groups in total. The zero-order valence-electron chi connectivity index (χ0n) is 15.0. The lowest BCUT2D eigenvalue weighted by molar-refractivity contribution is 1.07. The molecule has 5 nitrogen and oxygen atoms in total. The van der Waals surface area contributed by atoms with Gasteiger partial charge in [-0.2, -0.15) is 5.10 Å². The third-order valence-electron chi connectivity index (χ3n) is 4.87. The van der Waals surface area contributed by atoms with Crippen molar-refractivity contribution in [1.82, 2.24) is 20.2 Å². The molecule has 28 heavy (non-hydrogen) atoms. The number of aryl methyl sites for hydroxylation is 1. The maximum Gasteiger partial charge on any atom is 0.249 e. The number of aromatic amines is 2. The molecule has 0 aliphatic heterocycles. The van der Waals surface area contributed by atoms with Crippen LogP contribution in [0.15, 0.2) is 65.5 Å². The summed E-state index contributed by atoms with van der Waals surface area (Å²) in [5.74, 6) is 0. The van der Waals surface area contributed by atoms with Crippen LogP contribution in [0.2, 0.25) is 5.02 Å². The first-order valence-corrected chi connectivity index (χ1v) is 9.22. The molecule has 136 valence electrons. The van der Waals surface area contributed by atoms with E-state index in [0.717, 1.165) is 44.4 Å². The molecule has 2 aromatic carbocycles. The van der Waals surface area contributed by atoms with E-state index in [1.807, 2.05) is 49.4 Å². The number of nitrogens with one attached hydrogen (secondary N) is 2. The van der Waals surface area contributed by atoms with Crippen molar-refractivity contribution in [2.45, 2.75) is 6.92 Å². The number of hydrogen-bond donors (Lipinski definition) is 2. The van der Waals surface area contributed by atoms with Crippen LogP contribution in [0.3, 0.4) is 0 Å². The fraction of sp³-hybridized carbons (Fsp3) is 0.0455. The van der Waals surface area contributed by atoms with E-state index in [9.17, 15) is 4.79 Å². The first-order chi connectivity index (χ1) is 13.6. The highest BCUT2D eigenvalue weighted by molar-refractivity contribution is 6.35. The summed E-state index contributed by atoms with van der Waals surface area (Å²) in [6, 6.07) is 19.2. The van der Waals surface area contributed by atoms with Crippen molar-refractivity contribution in [3.63, 3.8) is 0 Å². The van der Waals surface area contributed by atoms with E-state index < -0.39 is 0 Å². The predicted octanol–water partition coefficient (Wildman–Crippen LogP) is 5.10. The molecule has 0 aliphatic rings. The van der Waals surface area contributed by atoms with Crippen molar-refractivity contribution in [1.29, 1.82) is 0 Å². The van der Waals surface area contributed by atoms with Gasteiger partial charge in [0.25, 0.3) is 0 Å². The quantitative estimate of drug-likeness (QED) is 0.443. The molecule has 5 aromatic rings. The minimum atomic E-state index is -0.176. The highest BCUT2D eigenvalue weighted by Crippen LogP contribution is 2.36. The van der Waals surface area contributed by atoms with Gasteiger partial charge in [-0.1, -0.05) is 41.9 Å². The van der Waals surface area contributed by atoms with Crippen LogP contribution in [0.25, 0.3) is 44.3 Å². The number of halogens is 1. The van der Waals surface area contributed by atoms with Gasteiger partial charge in [0.1, 0.15) is 11.2 Å². The summed E-state index contributed by atoms with van der Waals surface area (Å²) in [7, 11) is 0. The van der Waals surface area contributed by atoms with Crippen LogP contribution < -0.4 is 5.56 Å². The maximum absolute atomic E-state index is 11.8. The number of aromatic nitrogens is 4. The van der Waals surface area contributed by atoms with Crippen LogP contribution in [0.4, 0.5) is 0 Å². The average Bonchev–Trinajstić information content (AvgIpc) is 3.09. The van der Waals surface area contributed by atoms with Gasteiger partial charge in [-0.15, -0.1) is 0 Å². The SMILES string of the molecule is Cc1[nH]nc2c(Cl)cc(-c3cc4ccc(=O)[nH]c4nc3-c3ccccc3)cc12. The lowest BCUT2D eigenvalue weighted by Crippen LogP contribution is -2.04. The molecule has 0 atom stereocenters. The normalized spacial score (nSPS) is 11.4. The highest BCUT2D eigenvalue weighted by atomic mass is 35.5. The van der Waals surface area contributed by atoms with Gasteiger partial charge < -0.3 is 4.98 Å². The van der Waals surface area contributed by atoms with Gasteiger partial charge in [-0.05, 0) is 36.8 Å². The van der Waals surface area contributed by atoms with E-state index >= 15 is 0 Å². The third-order valence-corrected chi connectivity index (χ3v) is 5.16. The van der Waals surface area contributed by atoms with E-state index in [1.165, 1.54) is 6.07 Å². The summed E-state index contributed by atoms with van der Waals surface area (Å²) in [5.41, 5.74) is 5.72. The third kappa shape index (κ3) is 2.68. The molecule has 3 aromatic heterocycles. The van der Waals surface area contributed by atoms with Crippen molar-refractivity contribution < 1.29 is 0 Å². The van der Waals surface area contributed by atoms with Crippen molar-refractivity contribution in [2.75, 3.05) is 0 Å². The minimum absolute atomic E-state index is 0.176. The maximum atomic E-state index is 11.8. The van der Waals surface area contributed by atoms with Crippen LogP contribution in [-0.2, 0) is 0 Å². The molecule has 0 amide bonds. The molecule has 6 heteroatoms. The monoisotopic (exact) mass is 386 g/mol. The summed E-state index contributed by atoms with van der Waals surface area (Å²) in [5, 5.41) is 9.68. The Bertz CT molecular complexity index is 1400. The zero-order valence-corrected chi connectivity index (χ0v) is 15.7. The Morgan fingerprint density at radius 2 is 1.79 bits per heavy atom.